The van der Waals surface area contributed by atoms with Crippen LogP contribution in [0.5, 0.6) is 0 Å². The van der Waals surface area contributed by atoms with Crippen molar-refractivity contribution in [1.82, 2.24) is 5.32 Å². The lowest BCUT2D eigenvalue weighted by atomic mass is 9.95. The summed E-state index contributed by atoms with van der Waals surface area (Å²) in [5, 5.41) is 6.13. The van der Waals surface area contributed by atoms with Gasteiger partial charge in [-0.05, 0) is 48.2 Å². The van der Waals surface area contributed by atoms with Crippen LogP contribution in [0.15, 0.2) is 48.5 Å². The molecule has 4 N–H and O–H groups in total. The Morgan fingerprint density at radius 2 is 1.83 bits per heavy atom. The number of carbonyl (C=O) groups excluding carboxylic acids is 2. The summed E-state index contributed by atoms with van der Waals surface area (Å²) in [4.78, 5) is 23.4. The van der Waals surface area contributed by atoms with Crippen molar-refractivity contribution in [3.63, 3.8) is 0 Å². The average Bonchev–Trinajstić information content (AvgIpc) is 3.35. The Kier molecular flexibility index (Phi) is 4.44. The van der Waals surface area contributed by atoms with Gasteiger partial charge in [-0.15, -0.1) is 0 Å². The number of urea groups is 1. The number of halogens is 1. The van der Waals surface area contributed by atoms with Gasteiger partial charge in [-0.25, -0.2) is 4.79 Å². The van der Waals surface area contributed by atoms with Crippen molar-refractivity contribution in [1.29, 1.82) is 0 Å². The third-order valence-corrected chi connectivity index (χ3v) is 4.47. The molecule has 0 atom stereocenters. The summed E-state index contributed by atoms with van der Waals surface area (Å²) in [6.45, 7) is 0.429. The number of primary amides is 1. The van der Waals surface area contributed by atoms with Crippen LogP contribution in [0.25, 0.3) is 0 Å². The number of benzene rings is 2. The van der Waals surface area contributed by atoms with Crippen molar-refractivity contribution in [2.24, 2.45) is 5.73 Å². The molecule has 1 aliphatic carbocycles. The van der Waals surface area contributed by atoms with Gasteiger partial charge in [0, 0.05) is 17.3 Å². The van der Waals surface area contributed by atoms with Crippen LogP contribution in [0.3, 0.4) is 0 Å². The summed E-state index contributed by atoms with van der Waals surface area (Å²) in [6.07, 6.45) is 1.67. The molecule has 2 aromatic carbocycles. The van der Waals surface area contributed by atoms with Crippen molar-refractivity contribution in [3.8, 4) is 0 Å². The van der Waals surface area contributed by atoms with Crippen molar-refractivity contribution < 1.29 is 9.59 Å². The van der Waals surface area contributed by atoms with Crippen LogP contribution in [0.1, 0.15) is 24.0 Å². The van der Waals surface area contributed by atoms with Crippen molar-refractivity contribution in [3.05, 3.63) is 64.7 Å². The molecule has 0 spiro atoms. The van der Waals surface area contributed by atoms with Gasteiger partial charge in [0.15, 0.2) is 0 Å². The number of nitrogens with one attached hydrogen (secondary N) is 2. The smallest absolute Gasteiger partial charge is 0.316 e. The molecule has 0 radical (unpaired) electrons. The first-order valence-electron chi connectivity index (χ1n) is 7.69. The van der Waals surface area contributed by atoms with Crippen LogP contribution in [0.4, 0.5) is 10.5 Å². The van der Waals surface area contributed by atoms with Crippen LogP contribution in [0.2, 0.25) is 5.02 Å². The third kappa shape index (κ3) is 3.51. The molecule has 0 heterocycles. The number of nitrogens with two attached hydrogens (primary N) is 1. The fourth-order valence-electron chi connectivity index (χ4n) is 2.76. The highest BCUT2D eigenvalue weighted by Gasteiger charge is 2.51. The molecule has 0 bridgehead atoms. The van der Waals surface area contributed by atoms with Gasteiger partial charge in [0.1, 0.15) is 0 Å². The lowest BCUT2D eigenvalue weighted by molar-refractivity contribution is -0.123. The van der Waals surface area contributed by atoms with Gasteiger partial charge < -0.3 is 16.4 Å². The minimum Gasteiger partial charge on any atom is -0.351 e. The second-order valence-electron chi connectivity index (χ2n) is 5.96. The molecular weight excluding hydrogens is 326 g/mol. The van der Waals surface area contributed by atoms with E-state index in [0.29, 0.717) is 17.3 Å². The topological polar surface area (TPSA) is 84.2 Å². The maximum absolute atomic E-state index is 12.6. The highest BCUT2D eigenvalue weighted by Crippen LogP contribution is 2.48. The number of carbonyl (C=O) groups is 2. The lowest BCUT2D eigenvalue weighted by Crippen LogP contribution is -2.34. The maximum atomic E-state index is 12.6. The molecule has 24 heavy (non-hydrogen) atoms. The summed E-state index contributed by atoms with van der Waals surface area (Å²) in [5.74, 6) is 0.0177. The highest BCUT2D eigenvalue weighted by molar-refractivity contribution is 6.30. The van der Waals surface area contributed by atoms with E-state index in [1.807, 2.05) is 30.3 Å². The molecule has 0 aliphatic heterocycles. The molecule has 5 nitrogen and oxygen atoms in total. The number of amides is 3. The molecule has 1 fully saturated rings. The zero-order valence-electron chi connectivity index (χ0n) is 13.0. The van der Waals surface area contributed by atoms with Crippen molar-refractivity contribution in [2.75, 3.05) is 5.32 Å². The summed E-state index contributed by atoms with van der Waals surface area (Å²) >= 11 is 6.04. The van der Waals surface area contributed by atoms with E-state index in [2.05, 4.69) is 10.6 Å². The summed E-state index contributed by atoms with van der Waals surface area (Å²) in [6, 6.07) is 14.0. The average molecular weight is 344 g/mol. The molecule has 0 saturated heterocycles. The number of hydrogen-bond donors (Lipinski definition) is 3. The minimum atomic E-state index is -0.603. The Hall–Kier alpha value is -2.53. The Bertz CT molecular complexity index is 770. The molecule has 0 unspecified atom stereocenters. The minimum absolute atomic E-state index is 0.0177. The number of anilines is 1. The molecule has 1 aliphatic rings. The van der Waals surface area contributed by atoms with E-state index in [-0.39, 0.29) is 5.91 Å². The monoisotopic (exact) mass is 343 g/mol. The van der Waals surface area contributed by atoms with E-state index >= 15 is 0 Å². The molecular formula is C18H18ClN3O2. The molecule has 124 valence electrons. The van der Waals surface area contributed by atoms with E-state index in [0.717, 1.165) is 24.0 Å². The number of rotatable bonds is 5. The predicted octanol–water partition coefficient (Wildman–Crippen LogP) is 3.18. The zero-order chi connectivity index (χ0) is 17.2. The first-order valence-corrected chi connectivity index (χ1v) is 8.07. The van der Waals surface area contributed by atoms with Gasteiger partial charge in [-0.2, -0.15) is 0 Å². The van der Waals surface area contributed by atoms with Crippen molar-refractivity contribution in [2.45, 2.75) is 24.8 Å². The van der Waals surface area contributed by atoms with E-state index in [1.54, 1.807) is 18.2 Å². The first kappa shape index (κ1) is 16.3. The Balaban J connectivity index is 1.62. The van der Waals surface area contributed by atoms with E-state index < -0.39 is 11.4 Å². The molecule has 3 amide bonds. The molecule has 1 saturated carbocycles. The SMILES string of the molecule is NC(=O)Nc1ccc(CNC(=O)C2(c3cccc(Cl)c3)CC2)cc1. The molecule has 2 aromatic rings. The standard InChI is InChI=1S/C18H18ClN3O2/c19-14-3-1-2-13(10-14)18(8-9-18)16(23)21-11-12-4-6-15(7-5-12)22-17(20)24/h1-7,10H,8-9,11H2,(H,21,23)(H3,20,22,24). The zero-order valence-corrected chi connectivity index (χ0v) is 13.8. The second kappa shape index (κ2) is 6.53. The number of hydrogen-bond acceptors (Lipinski definition) is 2. The van der Waals surface area contributed by atoms with Crippen molar-refractivity contribution >= 4 is 29.2 Å². The van der Waals surface area contributed by atoms with Gasteiger partial charge >= 0.3 is 6.03 Å². The Labute approximate surface area is 145 Å². The second-order valence-corrected chi connectivity index (χ2v) is 6.40. The fraction of sp³-hybridized carbons (Fsp3) is 0.222. The largest absolute Gasteiger partial charge is 0.351 e. The van der Waals surface area contributed by atoms with E-state index in [1.165, 1.54) is 0 Å². The fourth-order valence-corrected chi connectivity index (χ4v) is 2.95. The maximum Gasteiger partial charge on any atom is 0.316 e. The van der Waals surface area contributed by atoms with E-state index in [4.69, 9.17) is 17.3 Å². The van der Waals surface area contributed by atoms with Gasteiger partial charge in [0.25, 0.3) is 0 Å². The van der Waals surface area contributed by atoms with Crippen LogP contribution in [-0.2, 0) is 16.8 Å². The lowest BCUT2D eigenvalue weighted by Gasteiger charge is -2.16. The normalized spacial score (nSPS) is 14.7. The summed E-state index contributed by atoms with van der Waals surface area (Å²) < 4.78 is 0. The third-order valence-electron chi connectivity index (χ3n) is 4.24. The van der Waals surface area contributed by atoms with Gasteiger partial charge in [-0.3, -0.25) is 4.79 Å². The van der Waals surface area contributed by atoms with Crippen LogP contribution in [-0.4, -0.2) is 11.9 Å². The van der Waals surface area contributed by atoms with Gasteiger partial charge in [0.05, 0.1) is 5.41 Å². The summed E-state index contributed by atoms with van der Waals surface area (Å²) in [7, 11) is 0. The van der Waals surface area contributed by atoms with Gasteiger partial charge in [-0.1, -0.05) is 35.9 Å². The van der Waals surface area contributed by atoms with E-state index in [9.17, 15) is 9.59 Å². The predicted molar refractivity (Wildman–Crippen MR) is 93.9 cm³/mol. The Morgan fingerprint density at radius 3 is 2.42 bits per heavy atom. The molecule has 3 rings (SSSR count). The van der Waals surface area contributed by atoms with Crippen LogP contribution >= 0.6 is 11.6 Å². The highest BCUT2D eigenvalue weighted by atomic mass is 35.5. The molecule has 6 heteroatoms. The quantitative estimate of drug-likeness (QED) is 0.779. The van der Waals surface area contributed by atoms with Crippen LogP contribution in [0, 0.1) is 0 Å². The molecule has 0 aromatic heterocycles. The van der Waals surface area contributed by atoms with Gasteiger partial charge in [0.2, 0.25) is 5.91 Å². The van der Waals surface area contributed by atoms with Crippen LogP contribution < -0.4 is 16.4 Å². The summed E-state index contributed by atoms with van der Waals surface area (Å²) in [5.41, 5.74) is 7.15. The Morgan fingerprint density at radius 1 is 1.12 bits per heavy atom. The first-order chi connectivity index (χ1) is 11.5.